The van der Waals surface area contributed by atoms with Gasteiger partial charge in [0, 0.05) is 46.1 Å². The van der Waals surface area contributed by atoms with Crippen LogP contribution in [0.4, 0.5) is 0 Å². The van der Waals surface area contributed by atoms with Crippen molar-refractivity contribution >= 4 is 39.1 Å². The van der Waals surface area contributed by atoms with E-state index in [-0.39, 0.29) is 5.91 Å². The van der Waals surface area contributed by atoms with Crippen LogP contribution in [0.3, 0.4) is 0 Å². The summed E-state index contributed by atoms with van der Waals surface area (Å²) in [4.78, 5) is 31.5. The van der Waals surface area contributed by atoms with Crippen LogP contribution in [0.25, 0.3) is 11.3 Å². The van der Waals surface area contributed by atoms with Crippen molar-refractivity contribution in [1.29, 1.82) is 0 Å². The molecule has 1 fully saturated rings. The normalized spacial score (nSPS) is 15.2. The number of likely N-dealkylation sites (tertiary alicyclic amines) is 1. The number of amides is 1. The Kier molecular flexibility index (Phi) is 7.02. The topological polar surface area (TPSA) is 59.5 Å². The molecule has 2 heterocycles. The fourth-order valence-corrected chi connectivity index (χ4v) is 4.63. The van der Waals surface area contributed by atoms with Gasteiger partial charge in [-0.05, 0) is 38.8 Å². The summed E-state index contributed by atoms with van der Waals surface area (Å²) in [5.74, 6) is -0.257. The van der Waals surface area contributed by atoms with Crippen LogP contribution in [0.2, 0.25) is 0 Å². The second-order valence-corrected chi connectivity index (χ2v) is 8.80. The maximum atomic E-state index is 12.2. The number of piperidine rings is 1. The molecule has 0 N–H and O–H groups in total. The van der Waals surface area contributed by atoms with Crippen molar-refractivity contribution in [1.82, 2.24) is 9.88 Å². The highest BCUT2D eigenvalue weighted by Crippen LogP contribution is 2.36. The van der Waals surface area contributed by atoms with Gasteiger partial charge >= 0.3 is 5.97 Å². The van der Waals surface area contributed by atoms with Crippen molar-refractivity contribution in [3.63, 3.8) is 0 Å². The number of ether oxygens (including phenoxy) is 1. The van der Waals surface area contributed by atoms with Gasteiger partial charge in [0.25, 0.3) is 0 Å². The van der Waals surface area contributed by atoms with Crippen LogP contribution in [0.1, 0.15) is 35.6 Å². The Hall–Kier alpha value is -1.99. The Morgan fingerprint density at radius 1 is 1.25 bits per heavy atom. The van der Waals surface area contributed by atoms with E-state index in [0.717, 1.165) is 33.6 Å². The Morgan fingerprint density at radius 2 is 1.93 bits per heavy atom. The van der Waals surface area contributed by atoms with E-state index in [9.17, 15) is 9.59 Å². The van der Waals surface area contributed by atoms with E-state index in [4.69, 9.17) is 9.72 Å². The number of aromatic nitrogens is 1. The smallest absolute Gasteiger partial charge is 0.330 e. The fraction of sp³-hybridized carbons (Fsp3) is 0.381. The van der Waals surface area contributed by atoms with E-state index < -0.39 is 5.97 Å². The predicted octanol–water partition coefficient (Wildman–Crippen LogP) is 4.71. The fourth-order valence-electron chi connectivity index (χ4n) is 3.25. The summed E-state index contributed by atoms with van der Waals surface area (Å²) in [7, 11) is 0. The molecule has 0 saturated carbocycles. The zero-order valence-electron chi connectivity index (χ0n) is 16.0. The molecule has 0 bridgehead atoms. The summed E-state index contributed by atoms with van der Waals surface area (Å²) in [5.41, 5.74) is 2.17. The minimum absolute atomic E-state index is 0.141. The first-order valence-corrected chi connectivity index (χ1v) is 11.0. The molecule has 1 amide bonds. The molecule has 0 unspecified atom stereocenters. The number of benzene rings is 1. The number of hydrogen-bond acceptors (Lipinski definition) is 5. The molecule has 1 aromatic heterocycles. The van der Waals surface area contributed by atoms with Crippen LogP contribution in [-0.2, 0) is 14.3 Å². The molecule has 5 nitrogen and oxygen atoms in total. The summed E-state index contributed by atoms with van der Waals surface area (Å²) in [5, 5.41) is 1.14. The Labute approximate surface area is 177 Å². The van der Waals surface area contributed by atoms with Gasteiger partial charge in [-0.15, -0.1) is 11.3 Å². The van der Waals surface area contributed by atoms with Crippen LogP contribution in [-0.4, -0.2) is 41.5 Å². The van der Waals surface area contributed by atoms with Crippen molar-refractivity contribution in [3.8, 4) is 11.3 Å². The van der Waals surface area contributed by atoms with Crippen LogP contribution in [0.15, 0.2) is 40.9 Å². The first-order valence-electron chi connectivity index (χ1n) is 9.35. The van der Waals surface area contributed by atoms with Gasteiger partial charge in [0.15, 0.2) is 0 Å². The average Bonchev–Trinajstić information content (AvgIpc) is 3.09. The average molecular weight is 463 g/mol. The third kappa shape index (κ3) is 5.08. The highest BCUT2D eigenvalue weighted by atomic mass is 79.9. The molecule has 0 spiro atoms. The van der Waals surface area contributed by atoms with E-state index >= 15 is 0 Å². The molecule has 148 valence electrons. The van der Waals surface area contributed by atoms with Gasteiger partial charge in [0.05, 0.1) is 17.3 Å². The minimum atomic E-state index is -0.482. The van der Waals surface area contributed by atoms with Crippen LogP contribution < -0.4 is 0 Å². The number of esters is 1. The largest absolute Gasteiger partial charge is 0.463 e. The van der Waals surface area contributed by atoms with Gasteiger partial charge in [0.1, 0.15) is 0 Å². The minimum Gasteiger partial charge on any atom is -0.463 e. The van der Waals surface area contributed by atoms with Crippen LogP contribution in [0.5, 0.6) is 0 Å². The van der Waals surface area contributed by atoms with Gasteiger partial charge < -0.3 is 9.64 Å². The SMILES string of the molecule is CCOC(=O)C=CC(=O)N1CCC(c2nc(-c3ccc(Br)cc3)c(C)s2)CC1. The molecule has 1 aromatic carbocycles. The standard InChI is InChI=1S/C21H23BrN2O3S/c1-3-27-19(26)9-8-18(25)24-12-10-16(11-13-24)21-23-20(14(2)28-21)15-4-6-17(22)7-5-15/h4-9,16H,3,10-13H2,1-2H3. The number of nitrogens with zero attached hydrogens (tertiary/aromatic N) is 2. The van der Waals surface area contributed by atoms with Crippen molar-refractivity contribution < 1.29 is 14.3 Å². The number of carbonyl (C=O) groups is 2. The van der Waals surface area contributed by atoms with Crippen LogP contribution >= 0.6 is 27.3 Å². The number of carbonyl (C=O) groups excluding carboxylic acids is 2. The second-order valence-electron chi connectivity index (χ2n) is 6.65. The molecule has 3 rings (SSSR count). The quantitative estimate of drug-likeness (QED) is 0.476. The van der Waals surface area contributed by atoms with Gasteiger partial charge in [0.2, 0.25) is 5.91 Å². The molecular weight excluding hydrogens is 440 g/mol. The van der Waals surface area contributed by atoms with E-state index in [1.807, 2.05) is 12.1 Å². The van der Waals surface area contributed by atoms with E-state index in [1.54, 1.807) is 23.2 Å². The zero-order valence-corrected chi connectivity index (χ0v) is 18.4. The molecular formula is C21H23BrN2O3S. The number of thiazole rings is 1. The maximum Gasteiger partial charge on any atom is 0.330 e. The predicted molar refractivity (Wildman–Crippen MR) is 114 cm³/mol. The van der Waals surface area contributed by atoms with Gasteiger partial charge in [-0.2, -0.15) is 0 Å². The lowest BCUT2D eigenvalue weighted by Crippen LogP contribution is -2.37. The van der Waals surface area contributed by atoms with Gasteiger partial charge in [-0.1, -0.05) is 28.1 Å². The molecule has 28 heavy (non-hydrogen) atoms. The first-order chi connectivity index (χ1) is 13.5. The second kappa shape index (κ2) is 9.47. The lowest BCUT2D eigenvalue weighted by Gasteiger charge is -2.30. The molecule has 0 atom stereocenters. The highest BCUT2D eigenvalue weighted by Gasteiger charge is 2.26. The van der Waals surface area contributed by atoms with Crippen LogP contribution in [0, 0.1) is 6.92 Å². The monoisotopic (exact) mass is 462 g/mol. The summed E-state index contributed by atoms with van der Waals surface area (Å²) in [6.07, 6.45) is 4.27. The van der Waals surface area contributed by atoms with Crippen molar-refractivity contribution in [3.05, 3.63) is 50.8 Å². The summed E-state index contributed by atoms with van der Waals surface area (Å²) >= 11 is 5.22. The summed E-state index contributed by atoms with van der Waals surface area (Å²) in [6.45, 7) is 5.49. The number of aryl methyl sites for hydroxylation is 1. The molecule has 1 saturated heterocycles. The Balaban J connectivity index is 1.61. The number of hydrogen-bond donors (Lipinski definition) is 0. The van der Waals surface area contributed by atoms with E-state index in [1.165, 1.54) is 17.0 Å². The molecule has 0 radical (unpaired) electrons. The number of halogens is 1. The van der Waals surface area contributed by atoms with Crippen molar-refractivity contribution in [2.24, 2.45) is 0 Å². The Bertz CT molecular complexity index is 868. The highest BCUT2D eigenvalue weighted by molar-refractivity contribution is 9.10. The van der Waals surface area contributed by atoms with E-state index in [0.29, 0.717) is 25.6 Å². The maximum absolute atomic E-state index is 12.2. The molecule has 1 aliphatic rings. The molecule has 0 aliphatic carbocycles. The summed E-state index contributed by atoms with van der Waals surface area (Å²) < 4.78 is 5.86. The number of rotatable bonds is 5. The lowest BCUT2D eigenvalue weighted by atomic mass is 9.97. The zero-order chi connectivity index (χ0) is 20.1. The van der Waals surface area contributed by atoms with E-state index in [2.05, 4.69) is 35.0 Å². The third-order valence-electron chi connectivity index (χ3n) is 4.74. The van der Waals surface area contributed by atoms with Crippen molar-refractivity contribution in [2.75, 3.05) is 19.7 Å². The molecule has 2 aromatic rings. The Morgan fingerprint density at radius 3 is 2.57 bits per heavy atom. The molecule has 1 aliphatic heterocycles. The summed E-state index contributed by atoms with van der Waals surface area (Å²) in [6, 6.07) is 8.21. The van der Waals surface area contributed by atoms with Gasteiger partial charge in [-0.25, -0.2) is 9.78 Å². The van der Waals surface area contributed by atoms with Crippen molar-refractivity contribution in [2.45, 2.75) is 32.6 Å². The first kappa shape index (κ1) is 20.7. The third-order valence-corrected chi connectivity index (χ3v) is 6.40. The van der Waals surface area contributed by atoms with Gasteiger partial charge in [-0.3, -0.25) is 4.79 Å². The molecule has 7 heteroatoms. The lowest BCUT2D eigenvalue weighted by molar-refractivity contribution is -0.137.